The van der Waals surface area contributed by atoms with Crippen molar-refractivity contribution in [2.24, 2.45) is 0 Å². The van der Waals surface area contributed by atoms with Crippen LogP contribution in [0.25, 0.3) is 0 Å². The van der Waals surface area contributed by atoms with Crippen molar-refractivity contribution in [2.75, 3.05) is 6.61 Å². The van der Waals surface area contributed by atoms with Gasteiger partial charge in [0, 0.05) is 15.9 Å². The SMILES string of the molecule is CC(CO)SCc1ccc(Br)s1. The summed E-state index contributed by atoms with van der Waals surface area (Å²) >= 11 is 6.95. The highest BCUT2D eigenvalue weighted by Gasteiger charge is 2.02. The standard InChI is InChI=1S/C8H11BrOS2/c1-6(4-10)11-5-7-2-3-8(9)12-7/h2-3,6,10H,4-5H2,1H3. The highest BCUT2D eigenvalue weighted by molar-refractivity contribution is 9.11. The molecule has 1 aromatic heterocycles. The Labute approximate surface area is 89.3 Å². The van der Waals surface area contributed by atoms with Gasteiger partial charge in [-0.1, -0.05) is 6.92 Å². The zero-order chi connectivity index (χ0) is 8.97. The first-order valence-corrected chi connectivity index (χ1v) is 6.35. The van der Waals surface area contributed by atoms with Gasteiger partial charge in [0.15, 0.2) is 0 Å². The van der Waals surface area contributed by atoms with Gasteiger partial charge in [0.25, 0.3) is 0 Å². The van der Waals surface area contributed by atoms with Gasteiger partial charge in [0.2, 0.25) is 0 Å². The molecule has 0 amide bonds. The second-order valence-electron chi connectivity index (χ2n) is 2.51. The van der Waals surface area contributed by atoms with Crippen LogP contribution in [0.5, 0.6) is 0 Å². The first kappa shape index (κ1) is 10.6. The first-order valence-electron chi connectivity index (χ1n) is 3.69. The van der Waals surface area contributed by atoms with E-state index >= 15 is 0 Å². The molecular weight excluding hydrogens is 256 g/mol. The van der Waals surface area contributed by atoms with E-state index in [1.807, 2.05) is 6.92 Å². The zero-order valence-corrected chi connectivity index (χ0v) is 10.0. The minimum atomic E-state index is 0.261. The lowest BCUT2D eigenvalue weighted by molar-refractivity contribution is 0.300. The molecule has 0 aliphatic heterocycles. The average molecular weight is 267 g/mol. The lowest BCUT2D eigenvalue weighted by Crippen LogP contribution is -2.01. The third-order valence-corrected chi connectivity index (χ3v) is 4.40. The van der Waals surface area contributed by atoms with Gasteiger partial charge in [-0.05, 0) is 28.1 Å². The second kappa shape index (κ2) is 5.27. The zero-order valence-electron chi connectivity index (χ0n) is 6.79. The minimum absolute atomic E-state index is 0.261. The Bertz CT molecular complexity index is 237. The Morgan fingerprint density at radius 3 is 2.92 bits per heavy atom. The van der Waals surface area contributed by atoms with Crippen LogP contribution in [0.1, 0.15) is 11.8 Å². The molecule has 1 rings (SSSR count). The Balaban J connectivity index is 2.33. The van der Waals surface area contributed by atoms with Crippen molar-refractivity contribution < 1.29 is 5.11 Å². The van der Waals surface area contributed by atoms with Gasteiger partial charge in [-0.3, -0.25) is 0 Å². The summed E-state index contributed by atoms with van der Waals surface area (Å²) in [5.74, 6) is 0.998. The molecule has 0 aliphatic rings. The van der Waals surface area contributed by atoms with Crippen molar-refractivity contribution in [3.63, 3.8) is 0 Å². The number of aliphatic hydroxyl groups excluding tert-OH is 1. The summed E-state index contributed by atoms with van der Waals surface area (Å²) in [6.07, 6.45) is 0. The van der Waals surface area contributed by atoms with Crippen LogP contribution in [-0.4, -0.2) is 17.0 Å². The van der Waals surface area contributed by atoms with Gasteiger partial charge in [0.05, 0.1) is 10.4 Å². The summed E-state index contributed by atoms with van der Waals surface area (Å²) in [7, 11) is 0. The maximum absolute atomic E-state index is 8.79. The Morgan fingerprint density at radius 2 is 2.42 bits per heavy atom. The molecule has 0 saturated heterocycles. The molecule has 0 aliphatic carbocycles. The van der Waals surface area contributed by atoms with Gasteiger partial charge in [-0.2, -0.15) is 11.8 Å². The fraction of sp³-hybridized carbons (Fsp3) is 0.500. The summed E-state index contributed by atoms with van der Waals surface area (Å²) in [6, 6.07) is 4.18. The van der Waals surface area contributed by atoms with Crippen LogP contribution in [0, 0.1) is 0 Å². The van der Waals surface area contributed by atoms with E-state index in [1.54, 1.807) is 23.1 Å². The van der Waals surface area contributed by atoms with Crippen molar-refractivity contribution >= 4 is 39.0 Å². The van der Waals surface area contributed by atoms with Crippen LogP contribution in [0.2, 0.25) is 0 Å². The second-order valence-corrected chi connectivity index (χ2v) is 6.48. The van der Waals surface area contributed by atoms with E-state index in [2.05, 4.69) is 28.1 Å². The molecule has 0 spiro atoms. The van der Waals surface area contributed by atoms with E-state index < -0.39 is 0 Å². The van der Waals surface area contributed by atoms with Crippen LogP contribution in [0.3, 0.4) is 0 Å². The molecule has 1 atom stereocenters. The van der Waals surface area contributed by atoms with Gasteiger partial charge in [0.1, 0.15) is 0 Å². The normalized spacial score (nSPS) is 13.2. The van der Waals surface area contributed by atoms with Crippen LogP contribution < -0.4 is 0 Å². The molecule has 1 unspecified atom stereocenters. The third-order valence-electron chi connectivity index (χ3n) is 1.40. The van der Waals surface area contributed by atoms with Crippen LogP contribution in [0.15, 0.2) is 15.9 Å². The van der Waals surface area contributed by atoms with Crippen molar-refractivity contribution in [1.29, 1.82) is 0 Å². The van der Waals surface area contributed by atoms with E-state index in [0.29, 0.717) is 5.25 Å². The van der Waals surface area contributed by atoms with Gasteiger partial charge >= 0.3 is 0 Å². The lowest BCUT2D eigenvalue weighted by atomic mass is 10.5. The largest absolute Gasteiger partial charge is 0.395 e. The number of rotatable bonds is 4. The summed E-state index contributed by atoms with van der Waals surface area (Å²) in [4.78, 5) is 1.35. The van der Waals surface area contributed by atoms with Crippen molar-refractivity contribution in [2.45, 2.75) is 17.9 Å². The maximum atomic E-state index is 8.79. The predicted octanol–water partition coefficient (Wildman–Crippen LogP) is 3.12. The van der Waals surface area contributed by atoms with Crippen LogP contribution >= 0.6 is 39.0 Å². The highest BCUT2D eigenvalue weighted by atomic mass is 79.9. The maximum Gasteiger partial charge on any atom is 0.0701 e. The number of thioether (sulfide) groups is 1. The van der Waals surface area contributed by atoms with Crippen LogP contribution in [0.4, 0.5) is 0 Å². The van der Waals surface area contributed by atoms with E-state index in [0.717, 1.165) is 5.75 Å². The number of hydrogen-bond acceptors (Lipinski definition) is 3. The fourth-order valence-corrected chi connectivity index (χ4v) is 3.08. The smallest absolute Gasteiger partial charge is 0.0701 e. The van der Waals surface area contributed by atoms with Crippen molar-refractivity contribution in [1.82, 2.24) is 0 Å². The summed E-state index contributed by atoms with van der Waals surface area (Å²) in [6.45, 7) is 2.30. The van der Waals surface area contributed by atoms with Crippen molar-refractivity contribution in [3.05, 3.63) is 20.8 Å². The molecule has 0 fully saturated rings. The summed E-state index contributed by atoms with van der Waals surface area (Å²) < 4.78 is 1.18. The minimum Gasteiger partial charge on any atom is -0.395 e. The molecule has 4 heteroatoms. The third kappa shape index (κ3) is 3.47. The van der Waals surface area contributed by atoms with Gasteiger partial charge in [-0.15, -0.1) is 11.3 Å². The molecule has 68 valence electrons. The monoisotopic (exact) mass is 266 g/mol. The molecule has 1 nitrogen and oxygen atoms in total. The molecular formula is C8H11BrOS2. The van der Waals surface area contributed by atoms with Gasteiger partial charge in [-0.25, -0.2) is 0 Å². The molecule has 0 aromatic carbocycles. The highest BCUT2D eigenvalue weighted by Crippen LogP contribution is 2.26. The quantitative estimate of drug-likeness (QED) is 0.904. The molecule has 1 heterocycles. The van der Waals surface area contributed by atoms with E-state index in [9.17, 15) is 0 Å². The lowest BCUT2D eigenvalue weighted by Gasteiger charge is -2.04. The van der Waals surface area contributed by atoms with E-state index in [1.165, 1.54) is 8.66 Å². The van der Waals surface area contributed by atoms with Crippen LogP contribution in [-0.2, 0) is 5.75 Å². The van der Waals surface area contributed by atoms with Crippen molar-refractivity contribution in [3.8, 4) is 0 Å². The summed E-state index contributed by atoms with van der Waals surface area (Å²) in [5, 5.41) is 9.13. The summed E-state index contributed by atoms with van der Waals surface area (Å²) in [5.41, 5.74) is 0. The topological polar surface area (TPSA) is 20.2 Å². The Morgan fingerprint density at radius 1 is 1.67 bits per heavy atom. The number of hydrogen-bond donors (Lipinski definition) is 1. The Hall–Kier alpha value is 0.490. The predicted molar refractivity (Wildman–Crippen MR) is 59.9 cm³/mol. The molecule has 1 N–H and O–H groups in total. The molecule has 0 radical (unpaired) electrons. The van der Waals surface area contributed by atoms with E-state index in [-0.39, 0.29) is 6.61 Å². The molecule has 12 heavy (non-hydrogen) atoms. The molecule has 1 aromatic rings. The number of halogens is 1. The molecule has 0 bridgehead atoms. The number of thiophene rings is 1. The fourth-order valence-electron chi connectivity index (χ4n) is 0.706. The van der Waals surface area contributed by atoms with Gasteiger partial charge < -0.3 is 5.11 Å². The average Bonchev–Trinajstić information content (AvgIpc) is 2.47. The number of aliphatic hydroxyl groups is 1. The Kier molecular flexibility index (Phi) is 4.64. The van der Waals surface area contributed by atoms with E-state index in [4.69, 9.17) is 5.11 Å². The molecule has 0 saturated carbocycles. The first-order chi connectivity index (χ1) is 5.72.